The highest BCUT2D eigenvalue weighted by Gasteiger charge is 2.16. The van der Waals surface area contributed by atoms with Crippen LogP contribution >= 0.6 is 23.3 Å². The van der Waals surface area contributed by atoms with Gasteiger partial charge in [0.2, 0.25) is 5.16 Å². The largest absolute Gasteiger partial charge is 0.497 e. The van der Waals surface area contributed by atoms with Gasteiger partial charge in [-0.3, -0.25) is 4.40 Å². The molecule has 6 nitrogen and oxygen atoms in total. The number of ether oxygens (including phenoxy) is 1. The van der Waals surface area contributed by atoms with Gasteiger partial charge in [0.15, 0.2) is 9.99 Å². The van der Waals surface area contributed by atoms with Crippen LogP contribution in [0.3, 0.4) is 0 Å². The highest BCUT2D eigenvalue weighted by atomic mass is 32.2. The zero-order valence-corrected chi connectivity index (χ0v) is 16.0. The van der Waals surface area contributed by atoms with Crippen molar-refractivity contribution in [1.29, 1.82) is 0 Å². The molecule has 1 aromatic carbocycles. The Bertz CT molecular complexity index is 1070. The third kappa shape index (κ3) is 2.85. The van der Waals surface area contributed by atoms with E-state index >= 15 is 0 Å². The molecule has 8 heteroatoms. The normalized spacial score (nSPS) is 11.7. The van der Waals surface area contributed by atoms with Crippen molar-refractivity contribution in [1.82, 2.24) is 24.0 Å². The van der Waals surface area contributed by atoms with E-state index in [4.69, 9.17) is 4.74 Å². The zero-order valence-electron chi connectivity index (χ0n) is 14.3. The Morgan fingerprint density at radius 2 is 2.04 bits per heavy atom. The smallest absolute Gasteiger partial charge is 0.203 e. The summed E-state index contributed by atoms with van der Waals surface area (Å²) < 4.78 is 12.7. The molecule has 128 valence electrons. The Kier molecular flexibility index (Phi) is 4.09. The summed E-state index contributed by atoms with van der Waals surface area (Å²) in [7, 11) is 1.67. The molecule has 0 atom stereocenters. The number of pyridine rings is 1. The number of methoxy groups -OCH3 is 1. The molecule has 0 aliphatic carbocycles. The first-order chi connectivity index (χ1) is 12.1. The van der Waals surface area contributed by atoms with Gasteiger partial charge in [-0.05, 0) is 54.0 Å². The fourth-order valence-electron chi connectivity index (χ4n) is 2.67. The lowest BCUT2D eigenvalue weighted by Gasteiger charge is -2.08. The maximum absolute atomic E-state index is 5.39. The Morgan fingerprint density at radius 3 is 2.76 bits per heavy atom. The Balaban J connectivity index is 1.87. The summed E-state index contributed by atoms with van der Waals surface area (Å²) in [6.07, 6.45) is 0. The average molecular weight is 371 g/mol. The van der Waals surface area contributed by atoms with Crippen molar-refractivity contribution in [2.45, 2.75) is 36.2 Å². The Labute approximate surface area is 153 Å². The van der Waals surface area contributed by atoms with Crippen LogP contribution in [0.2, 0.25) is 0 Å². The first-order valence-corrected chi connectivity index (χ1v) is 9.49. The second-order valence-electron chi connectivity index (χ2n) is 6.06. The minimum absolute atomic E-state index is 0.313. The second kappa shape index (κ2) is 6.27. The van der Waals surface area contributed by atoms with Gasteiger partial charge in [-0.1, -0.05) is 13.8 Å². The monoisotopic (exact) mass is 371 g/mol. The molecule has 0 aliphatic heterocycles. The van der Waals surface area contributed by atoms with Gasteiger partial charge in [-0.15, -0.1) is 10.2 Å². The van der Waals surface area contributed by atoms with E-state index in [1.54, 1.807) is 7.11 Å². The number of nitrogens with zero attached hydrogens (tertiary/aromatic N) is 5. The van der Waals surface area contributed by atoms with E-state index in [0.29, 0.717) is 5.92 Å². The topological polar surface area (TPSA) is 65.2 Å². The molecule has 4 rings (SSSR count). The van der Waals surface area contributed by atoms with E-state index in [1.165, 1.54) is 23.3 Å². The highest BCUT2D eigenvalue weighted by molar-refractivity contribution is 8.00. The van der Waals surface area contributed by atoms with Crippen molar-refractivity contribution in [3.05, 3.63) is 35.7 Å². The standard InChI is InChI=1S/C17H17N5OS2/c1-9(2)15-18-17(25-21-15)24-16-20-19-14-7-10(3)12-6-5-11(23-4)8-13(12)22(14)16/h5-9H,1-4H3. The van der Waals surface area contributed by atoms with E-state index in [9.17, 15) is 0 Å². The van der Waals surface area contributed by atoms with E-state index in [-0.39, 0.29) is 0 Å². The molecule has 0 aliphatic rings. The van der Waals surface area contributed by atoms with Gasteiger partial charge in [0, 0.05) is 17.4 Å². The van der Waals surface area contributed by atoms with Crippen LogP contribution in [0.1, 0.15) is 31.2 Å². The molecule has 0 spiro atoms. The maximum Gasteiger partial charge on any atom is 0.203 e. The van der Waals surface area contributed by atoms with Gasteiger partial charge in [0.05, 0.1) is 12.6 Å². The average Bonchev–Trinajstić information content (AvgIpc) is 3.22. The molecule has 0 bridgehead atoms. The van der Waals surface area contributed by atoms with E-state index < -0.39 is 0 Å². The predicted octanol–water partition coefficient (Wildman–Crippen LogP) is 4.33. The molecule has 25 heavy (non-hydrogen) atoms. The second-order valence-corrected chi connectivity index (χ2v) is 8.03. The Hall–Kier alpha value is -2.19. The van der Waals surface area contributed by atoms with Gasteiger partial charge in [-0.2, -0.15) is 4.37 Å². The molecular formula is C17H17N5OS2. The quantitative estimate of drug-likeness (QED) is 0.532. The third-order valence-electron chi connectivity index (χ3n) is 3.99. The van der Waals surface area contributed by atoms with Crippen molar-refractivity contribution in [2.24, 2.45) is 0 Å². The van der Waals surface area contributed by atoms with E-state index in [1.807, 2.05) is 22.6 Å². The van der Waals surface area contributed by atoms with Crippen LogP contribution in [0.4, 0.5) is 0 Å². The number of benzene rings is 1. The van der Waals surface area contributed by atoms with E-state index in [0.717, 1.165) is 43.2 Å². The van der Waals surface area contributed by atoms with Gasteiger partial charge >= 0.3 is 0 Å². The highest BCUT2D eigenvalue weighted by Crippen LogP contribution is 2.33. The van der Waals surface area contributed by atoms with Crippen LogP contribution in [-0.4, -0.2) is 31.1 Å². The molecule has 0 saturated carbocycles. The van der Waals surface area contributed by atoms with Crippen LogP contribution in [0.15, 0.2) is 33.8 Å². The molecular weight excluding hydrogens is 354 g/mol. The molecule has 0 radical (unpaired) electrons. The molecule has 0 fully saturated rings. The van der Waals surface area contributed by atoms with Gasteiger partial charge in [0.25, 0.3) is 0 Å². The minimum atomic E-state index is 0.313. The molecule has 0 N–H and O–H groups in total. The molecule has 0 saturated heterocycles. The fourth-order valence-corrected chi connectivity index (χ4v) is 4.37. The number of fused-ring (bicyclic) bond motifs is 3. The summed E-state index contributed by atoms with van der Waals surface area (Å²) in [5, 5.41) is 10.6. The van der Waals surface area contributed by atoms with Crippen molar-refractivity contribution in [2.75, 3.05) is 7.11 Å². The summed E-state index contributed by atoms with van der Waals surface area (Å²) in [5.41, 5.74) is 3.00. The molecule has 0 amide bonds. The van der Waals surface area contributed by atoms with E-state index in [2.05, 4.69) is 46.4 Å². The first kappa shape index (κ1) is 16.3. The number of rotatable bonds is 4. The number of hydrogen-bond donors (Lipinski definition) is 0. The van der Waals surface area contributed by atoms with Crippen LogP contribution < -0.4 is 4.74 Å². The van der Waals surface area contributed by atoms with Crippen LogP contribution in [0, 0.1) is 6.92 Å². The van der Waals surface area contributed by atoms with Gasteiger partial charge in [-0.25, -0.2) is 4.98 Å². The lowest BCUT2D eigenvalue weighted by Crippen LogP contribution is -1.94. The lowest BCUT2D eigenvalue weighted by molar-refractivity contribution is 0.415. The van der Waals surface area contributed by atoms with Crippen LogP contribution in [0.25, 0.3) is 16.6 Å². The number of aromatic nitrogens is 5. The van der Waals surface area contributed by atoms with Crippen LogP contribution in [-0.2, 0) is 0 Å². The number of hydrogen-bond acceptors (Lipinski definition) is 7. The molecule has 0 unspecified atom stereocenters. The molecule has 4 aromatic rings. The Morgan fingerprint density at radius 1 is 1.20 bits per heavy atom. The number of aryl methyl sites for hydroxylation is 1. The van der Waals surface area contributed by atoms with Crippen molar-refractivity contribution >= 4 is 39.8 Å². The van der Waals surface area contributed by atoms with Crippen LogP contribution in [0.5, 0.6) is 5.75 Å². The molecule has 3 heterocycles. The summed E-state index contributed by atoms with van der Waals surface area (Å²) in [6, 6.07) is 8.10. The lowest BCUT2D eigenvalue weighted by atomic mass is 10.1. The maximum atomic E-state index is 5.39. The van der Waals surface area contributed by atoms with Crippen molar-refractivity contribution in [3.63, 3.8) is 0 Å². The first-order valence-electron chi connectivity index (χ1n) is 7.90. The fraction of sp³-hybridized carbons (Fsp3) is 0.294. The van der Waals surface area contributed by atoms with Crippen molar-refractivity contribution in [3.8, 4) is 5.75 Å². The summed E-state index contributed by atoms with van der Waals surface area (Å²) in [6.45, 7) is 6.26. The summed E-state index contributed by atoms with van der Waals surface area (Å²) >= 11 is 2.89. The third-order valence-corrected chi connectivity index (χ3v) is 5.70. The zero-order chi connectivity index (χ0) is 17.6. The SMILES string of the molecule is COc1ccc2c(C)cc3nnc(Sc4nc(C(C)C)ns4)n3c2c1. The minimum Gasteiger partial charge on any atom is -0.497 e. The summed E-state index contributed by atoms with van der Waals surface area (Å²) in [4.78, 5) is 4.59. The van der Waals surface area contributed by atoms with Crippen molar-refractivity contribution < 1.29 is 4.74 Å². The summed E-state index contributed by atoms with van der Waals surface area (Å²) in [5.74, 6) is 1.99. The van der Waals surface area contributed by atoms with Gasteiger partial charge < -0.3 is 4.74 Å². The predicted molar refractivity (Wildman–Crippen MR) is 99.9 cm³/mol. The molecule has 3 aromatic heterocycles. The van der Waals surface area contributed by atoms with Gasteiger partial charge in [0.1, 0.15) is 11.6 Å².